The molecule has 0 aliphatic carbocycles. The van der Waals surface area contributed by atoms with Crippen LogP contribution in [0.3, 0.4) is 0 Å². The van der Waals surface area contributed by atoms with Crippen LogP contribution in [0.2, 0.25) is 0 Å². The van der Waals surface area contributed by atoms with E-state index in [4.69, 9.17) is 4.74 Å². The Labute approximate surface area is 121 Å². The first-order chi connectivity index (χ1) is 9.63. The summed E-state index contributed by atoms with van der Waals surface area (Å²) < 4.78 is 19.4. The lowest BCUT2D eigenvalue weighted by atomic mass is 9.94. The number of benzene rings is 1. The van der Waals surface area contributed by atoms with E-state index in [1.165, 1.54) is 6.07 Å². The molecule has 4 heteroatoms. The molecule has 1 aliphatic rings. The van der Waals surface area contributed by atoms with Gasteiger partial charge in [-0.1, -0.05) is 18.2 Å². The van der Waals surface area contributed by atoms with Gasteiger partial charge in [0.15, 0.2) is 0 Å². The van der Waals surface area contributed by atoms with E-state index in [-0.39, 0.29) is 11.9 Å². The lowest BCUT2D eigenvalue weighted by Crippen LogP contribution is -2.46. The van der Waals surface area contributed by atoms with Gasteiger partial charge in [0, 0.05) is 36.7 Å². The second-order valence-electron chi connectivity index (χ2n) is 5.66. The average Bonchev–Trinajstić information content (AvgIpc) is 2.47. The molecule has 1 fully saturated rings. The van der Waals surface area contributed by atoms with Crippen LogP contribution in [0.5, 0.6) is 0 Å². The Morgan fingerprint density at radius 3 is 2.90 bits per heavy atom. The first-order valence-corrected chi connectivity index (χ1v) is 7.33. The summed E-state index contributed by atoms with van der Waals surface area (Å²) in [5.74, 6) is 0.324. The smallest absolute Gasteiger partial charge is 0.127 e. The highest BCUT2D eigenvalue weighted by Gasteiger charge is 2.27. The fraction of sp³-hybridized carbons (Fsp3) is 0.625. The van der Waals surface area contributed by atoms with Crippen LogP contribution >= 0.6 is 0 Å². The Balaban J connectivity index is 2.00. The van der Waals surface area contributed by atoms with Crippen LogP contribution < -0.4 is 5.32 Å². The van der Waals surface area contributed by atoms with E-state index in [1.807, 2.05) is 19.2 Å². The van der Waals surface area contributed by atoms with Gasteiger partial charge in [-0.25, -0.2) is 4.39 Å². The number of nitrogens with one attached hydrogen (secondary N) is 1. The number of halogens is 1. The summed E-state index contributed by atoms with van der Waals surface area (Å²) in [5, 5.41) is 3.37. The van der Waals surface area contributed by atoms with E-state index in [0.29, 0.717) is 12.0 Å². The molecule has 0 radical (unpaired) electrons. The van der Waals surface area contributed by atoms with Crippen molar-refractivity contribution < 1.29 is 9.13 Å². The highest BCUT2D eigenvalue weighted by Crippen LogP contribution is 2.24. The van der Waals surface area contributed by atoms with E-state index in [9.17, 15) is 4.39 Å². The molecule has 0 aromatic heterocycles. The normalized spacial score (nSPS) is 24.9. The molecule has 112 valence electrons. The Morgan fingerprint density at radius 2 is 2.20 bits per heavy atom. The molecule has 0 bridgehead atoms. The van der Waals surface area contributed by atoms with Crippen LogP contribution in [0, 0.1) is 11.7 Å². The van der Waals surface area contributed by atoms with Crippen LogP contribution in [0.4, 0.5) is 4.39 Å². The second kappa shape index (κ2) is 7.16. The summed E-state index contributed by atoms with van der Waals surface area (Å²) in [6.07, 6.45) is 1.04. The van der Waals surface area contributed by atoms with E-state index in [1.54, 1.807) is 6.07 Å². The van der Waals surface area contributed by atoms with Gasteiger partial charge in [-0.15, -0.1) is 0 Å². The molecule has 3 nitrogen and oxygen atoms in total. The average molecular weight is 280 g/mol. The first-order valence-electron chi connectivity index (χ1n) is 7.33. The summed E-state index contributed by atoms with van der Waals surface area (Å²) in [4.78, 5) is 2.21. The van der Waals surface area contributed by atoms with Crippen LogP contribution in [0.15, 0.2) is 24.3 Å². The minimum Gasteiger partial charge on any atom is -0.381 e. The molecule has 2 rings (SSSR count). The fourth-order valence-corrected chi connectivity index (χ4v) is 2.94. The largest absolute Gasteiger partial charge is 0.381 e. The summed E-state index contributed by atoms with van der Waals surface area (Å²) in [6, 6.07) is 7.57. The third kappa shape index (κ3) is 3.57. The number of hydrogen-bond acceptors (Lipinski definition) is 3. The van der Waals surface area contributed by atoms with Gasteiger partial charge in [-0.3, -0.25) is 4.90 Å². The molecule has 0 amide bonds. The van der Waals surface area contributed by atoms with Crippen molar-refractivity contribution in [1.29, 1.82) is 0 Å². The molecular formula is C16H25FN2O. The zero-order valence-corrected chi connectivity index (χ0v) is 12.6. The first kappa shape index (κ1) is 15.4. The molecule has 1 N–H and O–H groups in total. The molecular weight excluding hydrogens is 255 g/mol. The predicted octanol–water partition coefficient (Wildman–Crippen LogP) is 2.44. The van der Waals surface area contributed by atoms with E-state index in [2.05, 4.69) is 24.2 Å². The maximum Gasteiger partial charge on any atom is 0.127 e. The Bertz CT molecular complexity index is 427. The maximum absolute atomic E-state index is 13.9. The molecule has 1 aromatic carbocycles. The predicted molar refractivity (Wildman–Crippen MR) is 79.2 cm³/mol. The Hall–Kier alpha value is -0.970. The van der Waals surface area contributed by atoms with Crippen molar-refractivity contribution in [2.75, 3.05) is 33.9 Å². The third-order valence-electron chi connectivity index (χ3n) is 4.38. The quantitative estimate of drug-likeness (QED) is 0.896. The van der Waals surface area contributed by atoms with E-state index < -0.39 is 0 Å². The molecule has 1 saturated heterocycles. The van der Waals surface area contributed by atoms with Crippen molar-refractivity contribution in [1.82, 2.24) is 10.2 Å². The molecule has 0 spiro atoms. The van der Waals surface area contributed by atoms with Crippen molar-refractivity contribution in [2.45, 2.75) is 25.4 Å². The van der Waals surface area contributed by atoms with Crippen molar-refractivity contribution in [3.63, 3.8) is 0 Å². The molecule has 1 aromatic rings. The minimum absolute atomic E-state index is 0.0654. The number of hydrogen-bond donors (Lipinski definition) is 1. The number of rotatable bonds is 5. The van der Waals surface area contributed by atoms with Gasteiger partial charge in [0.2, 0.25) is 0 Å². The summed E-state index contributed by atoms with van der Waals surface area (Å²) in [7, 11) is 4.06. The topological polar surface area (TPSA) is 24.5 Å². The van der Waals surface area contributed by atoms with Gasteiger partial charge in [0.1, 0.15) is 5.82 Å². The van der Waals surface area contributed by atoms with Crippen LogP contribution in [0.1, 0.15) is 24.9 Å². The Kier molecular flexibility index (Phi) is 5.52. The summed E-state index contributed by atoms with van der Waals surface area (Å²) in [6.45, 7) is 4.56. The highest BCUT2D eigenvalue weighted by molar-refractivity contribution is 5.20. The monoisotopic (exact) mass is 280 g/mol. The van der Waals surface area contributed by atoms with Crippen LogP contribution in [-0.2, 0) is 4.74 Å². The number of ether oxygens (including phenoxy) is 1. The standard InChI is InChI=1S/C16H25FN2O/c1-12(14-6-4-5-7-15(14)17)19(3)10-13-11-20-9-8-16(13)18-2/h4-7,12-13,16,18H,8-11H2,1-3H3. The highest BCUT2D eigenvalue weighted by atomic mass is 19.1. The van der Waals surface area contributed by atoms with E-state index >= 15 is 0 Å². The van der Waals surface area contributed by atoms with Gasteiger partial charge in [0.25, 0.3) is 0 Å². The molecule has 20 heavy (non-hydrogen) atoms. The van der Waals surface area contributed by atoms with Gasteiger partial charge in [-0.2, -0.15) is 0 Å². The van der Waals surface area contributed by atoms with Gasteiger partial charge in [0.05, 0.1) is 6.61 Å². The molecule has 3 unspecified atom stereocenters. The SMILES string of the molecule is CNC1CCOCC1CN(C)C(C)c1ccccc1F. The van der Waals surface area contributed by atoms with Crippen molar-refractivity contribution in [3.8, 4) is 0 Å². The van der Waals surface area contributed by atoms with Crippen LogP contribution in [-0.4, -0.2) is 44.8 Å². The molecule has 1 heterocycles. The summed E-state index contributed by atoms with van der Waals surface area (Å²) in [5.41, 5.74) is 0.757. The van der Waals surface area contributed by atoms with Crippen molar-refractivity contribution in [3.05, 3.63) is 35.6 Å². The van der Waals surface area contributed by atoms with Crippen molar-refractivity contribution in [2.24, 2.45) is 5.92 Å². The summed E-state index contributed by atoms with van der Waals surface area (Å²) >= 11 is 0. The molecule has 0 saturated carbocycles. The lowest BCUT2D eigenvalue weighted by Gasteiger charge is -2.36. The van der Waals surface area contributed by atoms with Crippen LogP contribution in [0.25, 0.3) is 0 Å². The zero-order valence-electron chi connectivity index (χ0n) is 12.6. The maximum atomic E-state index is 13.9. The molecule has 1 aliphatic heterocycles. The van der Waals surface area contributed by atoms with E-state index in [0.717, 1.165) is 31.7 Å². The van der Waals surface area contributed by atoms with Gasteiger partial charge in [-0.05, 0) is 33.5 Å². The molecule has 3 atom stereocenters. The third-order valence-corrected chi connectivity index (χ3v) is 4.38. The lowest BCUT2D eigenvalue weighted by molar-refractivity contribution is 0.0170. The zero-order chi connectivity index (χ0) is 14.5. The van der Waals surface area contributed by atoms with Gasteiger partial charge < -0.3 is 10.1 Å². The van der Waals surface area contributed by atoms with Gasteiger partial charge >= 0.3 is 0 Å². The Morgan fingerprint density at radius 1 is 1.45 bits per heavy atom. The minimum atomic E-state index is -0.128. The van der Waals surface area contributed by atoms with Crippen molar-refractivity contribution >= 4 is 0 Å². The fourth-order valence-electron chi connectivity index (χ4n) is 2.94. The second-order valence-corrected chi connectivity index (χ2v) is 5.66. The number of nitrogens with zero attached hydrogens (tertiary/aromatic N) is 1.